The molecule has 170 valence electrons. The first-order valence-corrected chi connectivity index (χ1v) is 11.0. The Bertz CT molecular complexity index is 1330. The number of phenols is 1. The standard InChI is InChI=1S/C27H29N3O3/c1-26(2,3)18-15-20(27(4,5)6)24(31)23(16-18)30-28-21-13-12-17(14-22(21)29-30)25(32)33-19-10-8-7-9-11-19/h7-16,31H,1-6H3. The van der Waals surface area contributed by atoms with E-state index in [1.165, 1.54) is 4.80 Å². The van der Waals surface area contributed by atoms with Crippen molar-refractivity contribution in [1.82, 2.24) is 15.0 Å². The van der Waals surface area contributed by atoms with Crippen LogP contribution >= 0.6 is 0 Å². The molecule has 0 saturated carbocycles. The van der Waals surface area contributed by atoms with Gasteiger partial charge in [-0.2, -0.15) is 0 Å². The van der Waals surface area contributed by atoms with Crippen LogP contribution in [0.2, 0.25) is 0 Å². The van der Waals surface area contributed by atoms with E-state index in [9.17, 15) is 9.90 Å². The van der Waals surface area contributed by atoms with Gasteiger partial charge in [-0.1, -0.05) is 65.8 Å². The summed E-state index contributed by atoms with van der Waals surface area (Å²) in [6, 6.07) is 18.0. The highest BCUT2D eigenvalue weighted by Gasteiger charge is 2.26. The van der Waals surface area contributed by atoms with E-state index in [-0.39, 0.29) is 16.6 Å². The van der Waals surface area contributed by atoms with Crippen molar-refractivity contribution in [3.63, 3.8) is 0 Å². The summed E-state index contributed by atoms with van der Waals surface area (Å²) in [7, 11) is 0. The number of phenolic OH excluding ortho intramolecular Hbond substituents is 1. The van der Waals surface area contributed by atoms with Crippen molar-refractivity contribution in [1.29, 1.82) is 0 Å². The number of esters is 1. The van der Waals surface area contributed by atoms with Crippen LogP contribution in [-0.4, -0.2) is 26.1 Å². The van der Waals surface area contributed by atoms with Crippen LogP contribution in [0, 0.1) is 0 Å². The number of carbonyl (C=O) groups is 1. The molecule has 0 amide bonds. The van der Waals surface area contributed by atoms with E-state index < -0.39 is 5.97 Å². The zero-order chi connectivity index (χ0) is 24.0. The van der Waals surface area contributed by atoms with Crippen molar-refractivity contribution in [2.45, 2.75) is 52.4 Å². The summed E-state index contributed by atoms with van der Waals surface area (Å²) in [5.41, 5.74) is 3.56. The zero-order valence-electron chi connectivity index (χ0n) is 19.9. The molecule has 0 spiro atoms. The van der Waals surface area contributed by atoms with Gasteiger partial charge in [0.1, 0.15) is 28.2 Å². The molecule has 1 N–H and O–H groups in total. The van der Waals surface area contributed by atoms with Crippen molar-refractivity contribution in [2.75, 3.05) is 0 Å². The molecule has 0 aliphatic carbocycles. The minimum absolute atomic E-state index is 0.122. The lowest BCUT2D eigenvalue weighted by Gasteiger charge is -2.27. The maximum Gasteiger partial charge on any atom is 0.343 e. The fraction of sp³-hybridized carbons (Fsp3) is 0.296. The Morgan fingerprint density at radius 2 is 1.52 bits per heavy atom. The number of para-hydroxylation sites is 1. The molecule has 6 nitrogen and oxygen atoms in total. The maximum absolute atomic E-state index is 12.6. The highest BCUT2D eigenvalue weighted by molar-refractivity contribution is 5.94. The first-order chi connectivity index (χ1) is 15.4. The fourth-order valence-corrected chi connectivity index (χ4v) is 3.58. The lowest BCUT2D eigenvalue weighted by Crippen LogP contribution is -2.18. The molecule has 4 rings (SSSR count). The molecule has 3 aromatic carbocycles. The quantitative estimate of drug-likeness (QED) is 0.313. The molecule has 6 heteroatoms. The van der Waals surface area contributed by atoms with Crippen molar-refractivity contribution in [3.05, 3.63) is 77.4 Å². The Hall–Kier alpha value is -3.67. The fourth-order valence-electron chi connectivity index (χ4n) is 3.58. The number of aromatic nitrogens is 3. The molecule has 0 atom stereocenters. The number of rotatable bonds is 3. The van der Waals surface area contributed by atoms with Crippen molar-refractivity contribution in [2.24, 2.45) is 0 Å². The minimum Gasteiger partial charge on any atom is -0.505 e. The van der Waals surface area contributed by atoms with Gasteiger partial charge >= 0.3 is 5.97 Å². The minimum atomic E-state index is -0.467. The first kappa shape index (κ1) is 22.5. The second kappa shape index (κ2) is 8.03. The summed E-state index contributed by atoms with van der Waals surface area (Å²) in [6.45, 7) is 12.6. The molecule has 0 radical (unpaired) electrons. The molecule has 0 aliphatic heterocycles. The van der Waals surface area contributed by atoms with Crippen LogP contribution in [0.25, 0.3) is 16.7 Å². The van der Waals surface area contributed by atoms with E-state index in [4.69, 9.17) is 4.74 Å². The third kappa shape index (κ3) is 4.60. The maximum atomic E-state index is 12.6. The molecular weight excluding hydrogens is 414 g/mol. The smallest absolute Gasteiger partial charge is 0.343 e. The van der Waals surface area contributed by atoms with Crippen LogP contribution in [0.5, 0.6) is 11.5 Å². The van der Waals surface area contributed by atoms with Crippen LogP contribution in [0.15, 0.2) is 60.7 Å². The number of hydrogen-bond acceptors (Lipinski definition) is 5. The molecule has 0 fully saturated rings. The lowest BCUT2D eigenvalue weighted by molar-refractivity contribution is 0.0735. The van der Waals surface area contributed by atoms with Gasteiger partial charge < -0.3 is 9.84 Å². The third-order valence-corrected chi connectivity index (χ3v) is 5.55. The Morgan fingerprint density at radius 3 is 2.15 bits per heavy atom. The van der Waals surface area contributed by atoms with Gasteiger partial charge in [0.05, 0.1) is 5.56 Å². The number of hydrogen-bond donors (Lipinski definition) is 1. The number of benzene rings is 3. The summed E-state index contributed by atoms with van der Waals surface area (Å²) >= 11 is 0. The Kier molecular flexibility index (Phi) is 5.48. The SMILES string of the molecule is CC(C)(C)c1cc(-n2nc3ccc(C(=O)Oc4ccccc4)cc3n2)c(O)c(C(C)(C)C)c1. The van der Waals surface area contributed by atoms with Crippen LogP contribution in [-0.2, 0) is 10.8 Å². The number of carbonyl (C=O) groups excluding carboxylic acids is 1. The van der Waals surface area contributed by atoms with E-state index >= 15 is 0 Å². The van der Waals surface area contributed by atoms with Crippen molar-refractivity contribution in [3.8, 4) is 17.2 Å². The van der Waals surface area contributed by atoms with Gasteiger partial charge in [0.2, 0.25) is 0 Å². The van der Waals surface area contributed by atoms with E-state index in [0.717, 1.165) is 11.1 Å². The Morgan fingerprint density at radius 1 is 0.848 bits per heavy atom. The molecule has 0 aliphatic rings. The molecule has 0 unspecified atom stereocenters. The van der Waals surface area contributed by atoms with Gasteiger partial charge in [0.15, 0.2) is 0 Å². The molecular formula is C27H29N3O3. The first-order valence-electron chi connectivity index (χ1n) is 11.0. The summed E-state index contributed by atoms with van der Waals surface area (Å²) in [5, 5.41) is 20.3. The molecule has 0 bridgehead atoms. The Labute approximate surface area is 193 Å². The summed E-state index contributed by atoms with van der Waals surface area (Å²) < 4.78 is 5.43. The second-order valence-corrected chi connectivity index (χ2v) is 10.3. The molecule has 1 heterocycles. The second-order valence-electron chi connectivity index (χ2n) is 10.3. The Balaban J connectivity index is 1.77. The summed E-state index contributed by atoms with van der Waals surface area (Å²) in [4.78, 5) is 14.0. The molecule has 0 saturated heterocycles. The van der Waals surface area contributed by atoms with E-state index in [0.29, 0.717) is 28.0 Å². The van der Waals surface area contributed by atoms with Gasteiger partial charge in [-0.3, -0.25) is 0 Å². The van der Waals surface area contributed by atoms with Crippen LogP contribution < -0.4 is 4.74 Å². The molecule has 4 aromatic rings. The van der Waals surface area contributed by atoms with Crippen molar-refractivity contribution >= 4 is 17.0 Å². The molecule has 1 aromatic heterocycles. The number of nitrogens with zero attached hydrogens (tertiary/aromatic N) is 3. The lowest BCUT2D eigenvalue weighted by atomic mass is 9.80. The highest BCUT2D eigenvalue weighted by atomic mass is 16.5. The zero-order valence-corrected chi connectivity index (χ0v) is 19.9. The van der Waals surface area contributed by atoms with E-state index in [1.807, 2.05) is 12.1 Å². The number of aromatic hydroxyl groups is 1. The number of fused-ring (bicyclic) bond motifs is 1. The summed E-state index contributed by atoms with van der Waals surface area (Å²) in [5.74, 6) is 0.162. The van der Waals surface area contributed by atoms with Crippen LogP contribution in [0.4, 0.5) is 0 Å². The average molecular weight is 444 g/mol. The summed E-state index contributed by atoms with van der Waals surface area (Å²) in [6.07, 6.45) is 0. The third-order valence-electron chi connectivity index (χ3n) is 5.55. The molecule has 33 heavy (non-hydrogen) atoms. The van der Waals surface area contributed by atoms with E-state index in [1.54, 1.807) is 42.5 Å². The predicted octanol–water partition coefficient (Wildman–Crippen LogP) is 5.94. The van der Waals surface area contributed by atoms with Crippen LogP contribution in [0.3, 0.4) is 0 Å². The van der Waals surface area contributed by atoms with Crippen LogP contribution in [0.1, 0.15) is 63.0 Å². The van der Waals surface area contributed by atoms with Gasteiger partial charge in [0.25, 0.3) is 0 Å². The van der Waals surface area contributed by atoms with Gasteiger partial charge in [-0.25, -0.2) is 4.79 Å². The van der Waals surface area contributed by atoms with Gasteiger partial charge in [0, 0.05) is 5.56 Å². The number of ether oxygens (including phenoxy) is 1. The average Bonchev–Trinajstić information content (AvgIpc) is 3.16. The monoisotopic (exact) mass is 443 g/mol. The van der Waals surface area contributed by atoms with Gasteiger partial charge in [-0.15, -0.1) is 15.0 Å². The predicted molar refractivity (Wildman–Crippen MR) is 129 cm³/mol. The highest BCUT2D eigenvalue weighted by Crippen LogP contribution is 2.39. The largest absolute Gasteiger partial charge is 0.505 e. The van der Waals surface area contributed by atoms with Gasteiger partial charge in [-0.05, 0) is 52.8 Å². The normalized spacial score (nSPS) is 12.2. The van der Waals surface area contributed by atoms with E-state index in [2.05, 4.69) is 57.8 Å². The topological polar surface area (TPSA) is 77.2 Å². The van der Waals surface area contributed by atoms with Crippen molar-refractivity contribution < 1.29 is 14.6 Å².